The van der Waals surface area contributed by atoms with E-state index in [1.807, 2.05) is 0 Å². The molecule has 0 unspecified atom stereocenters. The third-order valence-corrected chi connectivity index (χ3v) is 7.21. The van der Waals surface area contributed by atoms with Crippen molar-refractivity contribution in [3.63, 3.8) is 0 Å². The van der Waals surface area contributed by atoms with Gasteiger partial charge in [0.1, 0.15) is 10.6 Å². The van der Waals surface area contributed by atoms with Crippen molar-refractivity contribution in [3.05, 3.63) is 62.5 Å². The van der Waals surface area contributed by atoms with Crippen LogP contribution in [-0.2, 0) is 19.6 Å². The average molecular weight is 619 g/mol. The van der Waals surface area contributed by atoms with E-state index in [0.29, 0.717) is 16.2 Å². The Labute approximate surface area is 210 Å². The molecule has 0 atom stereocenters. The summed E-state index contributed by atoms with van der Waals surface area (Å²) in [6.45, 7) is 1.57. The number of esters is 1. The minimum absolute atomic E-state index is 0.0273. The van der Waals surface area contributed by atoms with Gasteiger partial charge in [0.25, 0.3) is 15.9 Å². The first kappa shape index (κ1) is 25.1. The lowest BCUT2D eigenvalue weighted by Gasteiger charge is -2.13. The van der Waals surface area contributed by atoms with Gasteiger partial charge in [-0.1, -0.05) is 27.3 Å². The van der Waals surface area contributed by atoms with Crippen LogP contribution in [0.1, 0.15) is 17.3 Å². The molecule has 0 spiro atoms. The van der Waals surface area contributed by atoms with Crippen LogP contribution in [-0.4, -0.2) is 38.5 Å². The van der Waals surface area contributed by atoms with Crippen molar-refractivity contribution in [3.8, 4) is 5.75 Å². The van der Waals surface area contributed by atoms with Crippen molar-refractivity contribution in [1.29, 1.82) is 0 Å². The number of aromatic nitrogens is 1. The van der Waals surface area contributed by atoms with E-state index >= 15 is 0 Å². The molecule has 3 rings (SSSR count). The van der Waals surface area contributed by atoms with E-state index in [0.717, 1.165) is 3.79 Å². The fourth-order valence-corrected chi connectivity index (χ4v) is 5.40. The Hall–Kier alpha value is -2.48. The maximum Gasteiger partial charge on any atom is 0.338 e. The summed E-state index contributed by atoms with van der Waals surface area (Å²) in [5, 5.41) is 2.88. The maximum atomic E-state index is 12.8. The quantitative estimate of drug-likeness (QED) is 0.334. The molecule has 1 heterocycles. The molecule has 174 valence electrons. The lowest BCUT2D eigenvalue weighted by molar-refractivity contribution is -0.119. The number of hydrogen-bond acceptors (Lipinski definition) is 8. The molecule has 1 amide bonds. The molecule has 13 heteroatoms. The fourth-order valence-electron chi connectivity index (χ4n) is 2.53. The molecule has 0 saturated carbocycles. The number of halogens is 2. The smallest absolute Gasteiger partial charge is 0.338 e. The number of rotatable bonds is 9. The summed E-state index contributed by atoms with van der Waals surface area (Å²) in [6.07, 6.45) is 1.54. The number of carbonyl (C=O) groups excluding carboxylic acids is 2. The van der Waals surface area contributed by atoms with E-state index in [-0.39, 0.29) is 21.9 Å². The molecular weight excluding hydrogens is 602 g/mol. The van der Waals surface area contributed by atoms with Crippen LogP contribution in [0.3, 0.4) is 0 Å². The van der Waals surface area contributed by atoms with Gasteiger partial charge < -0.3 is 9.47 Å². The predicted octanol–water partition coefficient (Wildman–Crippen LogP) is 4.66. The van der Waals surface area contributed by atoms with Crippen LogP contribution in [0.25, 0.3) is 0 Å². The first-order valence-corrected chi connectivity index (χ1v) is 13.2. The number of nitrogens with zero attached hydrogens (tertiary/aromatic N) is 1. The van der Waals surface area contributed by atoms with Gasteiger partial charge in [-0.05, 0) is 65.3 Å². The molecule has 2 N–H and O–H groups in total. The second-order valence-electron chi connectivity index (χ2n) is 6.30. The van der Waals surface area contributed by atoms with Crippen LogP contribution >= 0.6 is 43.2 Å². The highest BCUT2D eigenvalue weighted by Crippen LogP contribution is 2.29. The number of anilines is 2. The lowest BCUT2D eigenvalue weighted by atomic mass is 10.2. The van der Waals surface area contributed by atoms with Gasteiger partial charge in [0.05, 0.1) is 22.2 Å². The van der Waals surface area contributed by atoms with Crippen molar-refractivity contribution < 1.29 is 27.5 Å². The number of ether oxygens (including phenoxy) is 2. The number of hydrogen-bond donors (Lipinski definition) is 2. The Morgan fingerprint density at radius 3 is 2.48 bits per heavy atom. The maximum absolute atomic E-state index is 12.8. The molecule has 0 bridgehead atoms. The third kappa shape index (κ3) is 7.00. The molecule has 3 aromatic rings. The van der Waals surface area contributed by atoms with Crippen LogP contribution in [0.4, 0.5) is 10.8 Å². The topological polar surface area (TPSA) is 124 Å². The van der Waals surface area contributed by atoms with Gasteiger partial charge in [-0.2, -0.15) is 0 Å². The second-order valence-corrected chi connectivity index (χ2v) is 11.3. The van der Waals surface area contributed by atoms with Crippen molar-refractivity contribution in [2.24, 2.45) is 0 Å². The summed E-state index contributed by atoms with van der Waals surface area (Å²) in [5.74, 6) is -1.05. The second kappa shape index (κ2) is 11.1. The van der Waals surface area contributed by atoms with Crippen LogP contribution in [0, 0.1) is 0 Å². The Morgan fingerprint density at radius 2 is 1.85 bits per heavy atom. The molecule has 0 aliphatic heterocycles. The molecular formula is C20H17Br2N3O6S2. The van der Waals surface area contributed by atoms with Crippen LogP contribution < -0.4 is 14.8 Å². The van der Waals surface area contributed by atoms with E-state index in [4.69, 9.17) is 9.47 Å². The first-order chi connectivity index (χ1) is 15.7. The summed E-state index contributed by atoms with van der Waals surface area (Å²) < 4.78 is 39.9. The largest absolute Gasteiger partial charge is 0.492 e. The van der Waals surface area contributed by atoms with Gasteiger partial charge in [-0.3, -0.25) is 14.8 Å². The molecule has 2 aromatic carbocycles. The van der Waals surface area contributed by atoms with E-state index in [1.165, 1.54) is 47.9 Å². The van der Waals surface area contributed by atoms with E-state index in [1.54, 1.807) is 19.1 Å². The first-order valence-electron chi connectivity index (χ1n) is 9.31. The zero-order chi connectivity index (χ0) is 24.0. The highest BCUT2D eigenvalue weighted by atomic mass is 79.9. The molecule has 0 fully saturated rings. The normalized spacial score (nSPS) is 11.0. The Balaban J connectivity index is 1.62. The summed E-state index contributed by atoms with van der Waals surface area (Å²) in [6, 6.07) is 10.3. The molecule has 33 heavy (non-hydrogen) atoms. The SMILES string of the molecule is CCOc1ccc(Br)cc1S(=O)(=O)Nc1ccc(C(=O)OCC(=O)Nc2ncc(Br)s2)cc1. The summed E-state index contributed by atoms with van der Waals surface area (Å²) in [7, 11) is -3.95. The number of carbonyl (C=O) groups is 2. The minimum Gasteiger partial charge on any atom is -0.492 e. The zero-order valence-electron chi connectivity index (χ0n) is 17.0. The molecule has 1 aromatic heterocycles. The van der Waals surface area contributed by atoms with E-state index < -0.39 is 28.5 Å². The van der Waals surface area contributed by atoms with Gasteiger partial charge in [0.2, 0.25) is 0 Å². The van der Waals surface area contributed by atoms with Gasteiger partial charge in [0.15, 0.2) is 11.7 Å². The summed E-state index contributed by atoms with van der Waals surface area (Å²) in [5.41, 5.74) is 0.390. The Morgan fingerprint density at radius 1 is 1.12 bits per heavy atom. The number of benzene rings is 2. The van der Waals surface area contributed by atoms with Gasteiger partial charge >= 0.3 is 5.97 Å². The number of sulfonamides is 1. The average Bonchev–Trinajstić information content (AvgIpc) is 3.18. The monoisotopic (exact) mass is 617 g/mol. The molecule has 0 saturated heterocycles. The molecule has 0 aliphatic carbocycles. The van der Waals surface area contributed by atoms with E-state index in [2.05, 4.69) is 46.9 Å². The van der Waals surface area contributed by atoms with Gasteiger partial charge in [-0.15, -0.1) is 0 Å². The fraction of sp³-hybridized carbons (Fsp3) is 0.150. The minimum atomic E-state index is -3.95. The number of amides is 1. The van der Waals surface area contributed by atoms with Crippen LogP contribution in [0.2, 0.25) is 0 Å². The van der Waals surface area contributed by atoms with Crippen molar-refractivity contribution in [2.75, 3.05) is 23.3 Å². The van der Waals surface area contributed by atoms with Crippen molar-refractivity contribution >= 4 is 75.9 Å². The van der Waals surface area contributed by atoms with Gasteiger partial charge in [0, 0.05) is 10.2 Å². The Kier molecular flexibility index (Phi) is 8.46. The Bertz CT molecular complexity index is 1260. The lowest BCUT2D eigenvalue weighted by Crippen LogP contribution is -2.20. The van der Waals surface area contributed by atoms with Crippen LogP contribution in [0.5, 0.6) is 5.75 Å². The van der Waals surface area contributed by atoms with Crippen molar-refractivity contribution in [1.82, 2.24) is 4.98 Å². The molecule has 0 radical (unpaired) electrons. The van der Waals surface area contributed by atoms with E-state index in [9.17, 15) is 18.0 Å². The highest BCUT2D eigenvalue weighted by Gasteiger charge is 2.21. The number of nitrogens with one attached hydrogen (secondary N) is 2. The molecule has 0 aliphatic rings. The van der Waals surface area contributed by atoms with Crippen LogP contribution in [0.15, 0.2) is 61.8 Å². The standard InChI is InChI=1S/C20H17Br2N3O6S2/c1-2-30-15-8-5-13(21)9-16(15)33(28,29)25-14-6-3-12(4-7-14)19(27)31-11-18(26)24-20-23-10-17(22)32-20/h3-10,25H,2,11H2,1H3,(H,23,24,26). The van der Waals surface area contributed by atoms with Gasteiger partial charge in [-0.25, -0.2) is 18.2 Å². The predicted molar refractivity (Wildman–Crippen MR) is 131 cm³/mol. The summed E-state index contributed by atoms with van der Waals surface area (Å²) in [4.78, 5) is 28.0. The third-order valence-electron chi connectivity index (χ3n) is 3.93. The highest BCUT2D eigenvalue weighted by molar-refractivity contribution is 9.11. The number of thiazole rings is 1. The summed E-state index contributed by atoms with van der Waals surface area (Å²) >= 11 is 7.72. The van der Waals surface area contributed by atoms with Crippen molar-refractivity contribution in [2.45, 2.75) is 11.8 Å². The zero-order valence-corrected chi connectivity index (χ0v) is 21.8. The molecule has 9 nitrogen and oxygen atoms in total.